The highest BCUT2D eigenvalue weighted by molar-refractivity contribution is 5.32. The van der Waals surface area contributed by atoms with E-state index in [1.165, 1.54) is 51.5 Å². The maximum Gasteiger partial charge on any atom is 0.290 e. The Morgan fingerprint density at radius 3 is 2.29 bits per heavy atom. The Kier molecular flexibility index (Phi) is 26.5. The third-order valence-corrected chi connectivity index (χ3v) is 2.57. The van der Waals surface area contributed by atoms with Crippen molar-refractivity contribution in [3.63, 3.8) is 0 Å². The van der Waals surface area contributed by atoms with Gasteiger partial charge in [0.1, 0.15) is 0 Å². The van der Waals surface area contributed by atoms with E-state index in [0.29, 0.717) is 0 Å². The van der Waals surface area contributed by atoms with Gasteiger partial charge in [0.2, 0.25) is 0 Å². The molecular formula is C14H33NO2. The summed E-state index contributed by atoms with van der Waals surface area (Å²) in [7, 11) is 0. The summed E-state index contributed by atoms with van der Waals surface area (Å²) in [4.78, 5) is 8.36. The predicted octanol–water partition coefficient (Wildman–Crippen LogP) is 4.07. The van der Waals surface area contributed by atoms with E-state index < -0.39 is 0 Å². The Morgan fingerprint density at radius 1 is 1.29 bits per heavy atom. The van der Waals surface area contributed by atoms with E-state index in [1.807, 2.05) is 13.8 Å². The van der Waals surface area contributed by atoms with Crippen molar-refractivity contribution < 1.29 is 9.90 Å². The molecule has 0 aromatic carbocycles. The molecule has 0 aromatic rings. The highest BCUT2D eigenvalue weighted by Crippen LogP contribution is 2.13. The van der Waals surface area contributed by atoms with Crippen LogP contribution in [0.25, 0.3) is 0 Å². The summed E-state index contributed by atoms with van der Waals surface area (Å²) in [6, 6.07) is 0.867. The monoisotopic (exact) mass is 247 g/mol. The number of hydrogen-bond donors (Lipinski definition) is 2. The molecule has 0 amide bonds. The minimum atomic E-state index is -0.250. The molecule has 1 atom stereocenters. The topological polar surface area (TPSA) is 49.3 Å². The summed E-state index contributed by atoms with van der Waals surface area (Å²) >= 11 is 0. The van der Waals surface area contributed by atoms with Crippen molar-refractivity contribution >= 4 is 6.47 Å². The fourth-order valence-electron chi connectivity index (χ4n) is 1.82. The van der Waals surface area contributed by atoms with Crippen LogP contribution in [0.3, 0.4) is 0 Å². The van der Waals surface area contributed by atoms with Gasteiger partial charge in [-0.05, 0) is 25.8 Å². The predicted molar refractivity (Wildman–Crippen MR) is 76.6 cm³/mol. The second-order valence-electron chi connectivity index (χ2n) is 3.75. The van der Waals surface area contributed by atoms with E-state index in [1.54, 1.807) is 0 Å². The lowest BCUT2D eigenvalue weighted by atomic mass is 10.1. The molecule has 0 saturated carbocycles. The zero-order valence-corrected chi connectivity index (χ0v) is 11.2. The van der Waals surface area contributed by atoms with Gasteiger partial charge in [0.15, 0.2) is 0 Å². The van der Waals surface area contributed by atoms with Gasteiger partial charge in [0.05, 0.1) is 0 Å². The third-order valence-electron chi connectivity index (χ3n) is 2.57. The Labute approximate surface area is 108 Å². The number of hydrogen-bond acceptors (Lipinski definition) is 2. The van der Waals surface area contributed by atoms with Crippen molar-refractivity contribution in [2.45, 2.75) is 79.2 Å². The fraction of sp³-hybridized carbons (Fsp3) is 0.929. The van der Waals surface area contributed by atoms with Gasteiger partial charge in [0, 0.05) is 6.04 Å². The highest BCUT2D eigenvalue weighted by Gasteiger charge is 2.12. The summed E-state index contributed by atoms with van der Waals surface area (Å²) in [5, 5.41) is 10.4. The minimum absolute atomic E-state index is 0. The van der Waals surface area contributed by atoms with E-state index in [4.69, 9.17) is 9.90 Å². The Hall–Kier alpha value is -0.570. The van der Waals surface area contributed by atoms with Crippen LogP contribution >= 0.6 is 0 Å². The maximum absolute atomic E-state index is 8.36. The van der Waals surface area contributed by atoms with Crippen molar-refractivity contribution in [1.29, 1.82) is 0 Å². The molecule has 0 radical (unpaired) electrons. The summed E-state index contributed by atoms with van der Waals surface area (Å²) < 4.78 is 0. The number of rotatable bonds is 5. The van der Waals surface area contributed by atoms with Crippen LogP contribution in [0.15, 0.2) is 0 Å². The number of carboxylic acid groups (broad SMARTS) is 1. The molecule has 0 aliphatic carbocycles. The van der Waals surface area contributed by atoms with Gasteiger partial charge in [0.25, 0.3) is 6.47 Å². The van der Waals surface area contributed by atoms with Crippen molar-refractivity contribution in [3.8, 4) is 0 Å². The smallest absolute Gasteiger partial charge is 0.290 e. The molecule has 3 nitrogen and oxygen atoms in total. The average molecular weight is 247 g/mol. The van der Waals surface area contributed by atoms with Crippen LogP contribution in [0, 0.1) is 0 Å². The summed E-state index contributed by atoms with van der Waals surface area (Å²) in [6.07, 6.45) is 9.90. The van der Waals surface area contributed by atoms with E-state index in [2.05, 4.69) is 12.2 Å². The van der Waals surface area contributed by atoms with Gasteiger partial charge in [-0.3, -0.25) is 4.79 Å². The second kappa shape index (κ2) is 20.8. The van der Waals surface area contributed by atoms with Crippen molar-refractivity contribution in [3.05, 3.63) is 0 Å². The van der Waals surface area contributed by atoms with Gasteiger partial charge >= 0.3 is 0 Å². The van der Waals surface area contributed by atoms with Crippen molar-refractivity contribution in [1.82, 2.24) is 5.32 Å². The lowest BCUT2D eigenvalue weighted by Crippen LogP contribution is -2.20. The second-order valence-corrected chi connectivity index (χ2v) is 3.75. The van der Waals surface area contributed by atoms with E-state index in [9.17, 15) is 0 Å². The molecule has 3 heteroatoms. The lowest BCUT2D eigenvalue weighted by molar-refractivity contribution is -0.122. The van der Waals surface area contributed by atoms with Crippen LogP contribution in [0.2, 0.25) is 0 Å². The number of nitrogens with one attached hydrogen (secondary N) is 1. The quantitative estimate of drug-likeness (QED) is 0.568. The molecule has 0 aromatic heterocycles. The molecular weight excluding hydrogens is 214 g/mol. The van der Waals surface area contributed by atoms with Crippen LogP contribution < -0.4 is 5.32 Å². The first-order valence-corrected chi connectivity index (χ1v) is 6.66. The van der Waals surface area contributed by atoms with E-state index >= 15 is 0 Å². The number of carbonyl (C=O) groups is 1. The molecule has 1 heterocycles. The molecule has 0 bridgehead atoms. The molecule has 1 rings (SSSR count). The molecule has 2 N–H and O–H groups in total. The standard InChI is InChI=1S/C10H21N.C2H6.CH2O2.CH4/c1-2-3-4-5-7-10-8-6-9-11-10;1-2;2-1-3;/h10-11H,2-9H2,1H3;1-2H3;1H,(H,2,3);1H4. The van der Waals surface area contributed by atoms with Gasteiger partial charge in [-0.1, -0.05) is 53.9 Å². The van der Waals surface area contributed by atoms with Crippen LogP contribution in [-0.4, -0.2) is 24.2 Å². The molecule has 17 heavy (non-hydrogen) atoms. The van der Waals surface area contributed by atoms with E-state index in [-0.39, 0.29) is 13.9 Å². The maximum atomic E-state index is 8.36. The summed E-state index contributed by atoms with van der Waals surface area (Å²) in [6.45, 7) is 7.28. The van der Waals surface area contributed by atoms with Crippen molar-refractivity contribution in [2.75, 3.05) is 6.54 Å². The molecule has 1 unspecified atom stereocenters. The fourth-order valence-corrected chi connectivity index (χ4v) is 1.82. The first-order chi connectivity index (χ1) is 7.85. The van der Waals surface area contributed by atoms with E-state index in [0.717, 1.165) is 6.04 Å². The zero-order chi connectivity index (χ0) is 12.6. The van der Waals surface area contributed by atoms with Crippen LogP contribution in [0.5, 0.6) is 0 Å². The molecule has 1 aliphatic rings. The third kappa shape index (κ3) is 18.0. The Morgan fingerprint density at radius 2 is 1.88 bits per heavy atom. The van der Waals surface area contributed by atoms with Gasteiger partial charge in [-0.15, -0.1) is 0 Å². The Bertz CT molecular complexity index is 123. The van der Waals surface area contributed by atoms with Crippen LogP contribution in [0.1, 0.15) is 73.1 Å². The lowest BCUT2D eigenvalue weighted by Gasteiger charge is -2.08. The first-order valence-electron chi connectivity index (χ1n) is 6.66. The zero-order valence-electron chi connectivity index (χ0n) is 11.2. The summed E-state index contributed by atoms with van der Waals surface area (Å²) in [5.74, 6) is 0. The van der Waals surface area contributed by atoms with Gasteiger partial charge < -0.3 is 10.4 Å². The number of unbranched alkanes of at least 4 members (excludes halogenated alkanes) is 3. The molecule has 1 aliphatic heterocycles. The summed E-state index contributed by atoms with van der Waals surface area (Å²) in [5.41, 5.74) is 0. The van der Waals surface area contributed by atoms with Gasteiger partial charge in [-0.2, -0.15) is 0 Å². The first kappa shape index (κ1) is 21.7. The molecule has 106 valence electrons. The molecule has 0 spiro atoms. The van der Waals surface area contributed by atoms with Gasteiger partial charge in [-0.25, -0.2) is 0 Å². The Balaban J connectivity index is -0.000000286. The average Bonchev–Trinajstić information content (AvgIpc) is 2.81. The minimum Gasteiger partial charge on any atom is -0.483 e. The highest BCUT2D eigenvalue weighted by atomic mass is 16.3. The van der Waals surface area contributed by atoms with Crippen LogP contribution in [0.4, 0.5) is 0 Å². The largest absolute Gasteiger partial charge is 0.483 e. The SMILES string of the molecule is C.CC.CCCCCCC1CCCN1.O=CO. The molecule has 1 fully saturated rings. The van der Waals surface area contributed by atoms with Crippen LogP contribution in [-0.2, 0) is 4.79 Å². The normalized spacial score (nSPS) is 16.8. The van der Waals surface area contributed by atoms with Crippen molar-refractivity contribution in [2.24, 2.45) is 0 Å². The molecule has 1 saturated heterocycles.